The highest BCUT2D eigenvalue weighted by Crippen LogP contribution is 2.17. The van der Waals surface area contributed by atoms with Gasteiger partial charge in [-0.3, -0.25) is 14.5 Å². The molecule has 7 heteroatoms. The highest BCUT2D eigenvalue weighted by Gasteiger charge is 2.15. The van der Waals surface area contributed by atoms with Crippen LogP contribution in [0.5, 0.6) is 0 Å². The Morgan fingerprint density at radius 1 is 1.03 bits per heavy atom. The highest BCUT2D eigenvalue weighted by molar-refractivity contribution is 6.30. The minimum atomic E-state index is -0.166. The number of carbonyl (C=O) groups excluding carboxylic acids is 2. The Kier molecular flexibility index (Phi) is 9.12. The maximum atomic E-state index is 12.5. The van der Waals surface area contributed by atoms with Crippen LogP contribution < -0.4 is 10.6 Å². The van der Waals surface area contributed by atoms with Gasteiger partial charge in [-0.1, -0.05) is 35.9 Å². The standard InChI is InChI=1S/C22H28ClN3O3/c1-16-5-4-6-20(17(16)2)25-22(28)15-26(11-12-29-3)14-21(27)24-13-18-7-9-19(23)10-8-18/h4-10H,11-15H2,1-3H3,(H,24,27)(H,25,28). The van der Waals surface area contributed by atoms with Crippen molar-refractivity contribution in [3.63, 3.8) is 0 Å². The molecule has 0 saturated heterocycles. The van der Waals surface area contributed by atoms with Gasteiger partial charge in [0.25, 0.3) is 0 Å². The number of rotatable bonds is 10. The molecule has 0 aliphatic heterocycles. The summed E-state index contributed by atoms with van der Waals surface area (Å²) >= 11 is 5.87. The van der Waals surface area contributed by atoms with Crippen LogP contribution in [-0.4, -0.2) is 50.1 Å². The van der Waals surface area contributed by atoms with Crippen LogP contribution in [0.4, 0.5) is 5.69 Å². The molecule has 0 aromatic heterocycles. The summed E-state index contributed by atoms with van der Waals surface area (Å²) in [6, 6.07) is 13.1. The molecule has 0 spiro atoms. The number of nitrogens with zero attached hydrogens (tertiary/aromatic N) is 1. The molecule has 0 unspecified atom stereocenters. The molecule has 2 aromatic rings. The molecule has 0 saturated carbocycles. The van der Waals surface area contributed by atoms with Crippen molar-refractivity contribution in [2.24, 2.45) is 0 Å². The second-order valence-corrected chi connectivity index (χ2v) is 7.34. The van der Waals surface area contributed by atoms with E-state index in [0.29, 0.717) is 24.7 Å². The molecule has 0 aliphatic rings. The van der Waals surface area contributed by atoms with Crippen LogP contribution in [0.2, 0.25) is 5.02 Å². The maximum Gasteiger partial charge on any atom is 0.238 e. The lowest BCUT2D eigenvalue weighted by atomic mass is 10.1. The molecule has 29 heavy (non-hydrogen) atoms. The number of halogens is 1. The Morgan fingerprint density at radius 3 is 2.41 bits per heavy atom. The summed E-state index contributed by atoms with van der Waals surface area (Å²) in [4.78, 5) is 26.6. The van der Waals surface area contributed by atoms with Crippen molar-refractivity contribution in [2.75, 3.05) is 38.7 Å². The van der Waals surface area contributed by atoms with E-state index in [-0.39, 0.29) is 24.9 Å². The zero-order chi connectivity index (χ0) is 21.2. The predicted octanol–water partition coefficient (Wildman–Crippen LogP) is 3.16. The van der Waals surface area contributed by atoms with E-state index in [0.717, 1.165) is 22.4 Å². The normalized spacial score (nSPS) is 10.8. The Hall–Kier alpha value is -2.41. The van der Waals surface area contributed by atoms with Crippen molar-refractivity contribution in [3.05, 3.63) is 64.2 Å². The number of benzene rings is 2. The van der Waals surface area contributed by atoms with Gasteiger partial charge < -0.3 is 15.4 Å². The molecule has 2 amide bonds. The van der Waals surface area contributed by atoms with E-state index in [4.69, 9.17) is 16.3 Å². The fourth-order valence-electron chi connectivity index (χ4n) is 2.78. The maximum absolute atomic E-state index is 12.5. The van der Waals surface area contributed by atoms with Crippen molar-refractivity contribution >= 4 is 29.1 Å². The lowest BCUT2D eigenvalue weighted by molar-refractivity contribution is -0.123. The smallest absolute Gasteiger partial charge is 0.238 e. The minimum absolute atomic E-state index is 0.102. The lowest BCUT2D eigenvalue weighted by Gasteiger charge is -2.21. The number of ether oxygens (including phenoxy) is 1. The Labute approximate surface area is 177 Å². The Balaban J connectivity index is 1.89. The second-order valence-electron chi connectivity index (χ2n) is 6.90. The van der Waals surface area contributed by atoms with Gasteiger partial charge in [-0.15, -0.1) is 0 Å². The first-order valence-electron chi connectivity index (χ1n) is 9.47. The van der Waals surface area contributed by atoms with Crippen LogP contribution >= 0.6 is 11.6 Å². The van der Waals surface area contributed by atoms with Gasteiger partial charge in [-0.05, 0) is 48.7 Å². The van der Waals surface area contributed by atoms with E-state index in [9.17, 15) is 9.59 Å². The molecule has 0 atom stereocenters. The second kappa shape index (κ2) is 11.6. The largest absolute Gasteiger partial charge is 0.383 e. The first-order chi connectivity index (χ1) is 13.9. The fourth-order valence-corrected chi connectivity index (χ4v) is 2.90. The molecule has 0 heterocycles. The summed E-state index contributed by atoms with van der Waals surface area (Å²) in [6.07, 6.45) is 0. The third-order valence-corrected chi connectivity index (χ3v) is 4.88. The van der Waals surface area contributed by atoms with Crippen LogP contribution in [0.3, 0.4) is 0 Å². The molecule has 0 bridgehead atoms. The van der Waals surface area contributed by atoms with Gasteiger partial charge in [-0.25, -0.2) is 0 Å². The summed E-state index contributed by atoms with van der Waals surface area (Å²) < 4.78 is 5.11. The third-order valence-electron chi connectivity index (χ3n) is 4.63. The van der Waals surface area contributed by atoms with E-state index < -0.39 is 0 Å². The molecular formula is C22H28ClN3O3. The van der Waals surface area contributed by atoms with Gasteiger partial charge in [0.1, 0.15) is 0 Å². The summed E-state index contributed by atoms with van der Waals surface area (Å²) in [5, 5.41) is 6.45. The van der Waals surface area contributed by atoms with Crippen molar-refractivity contribution in [1.82, 2.24) is 10.2 Å². The molecule has 2 N–H and O–H groups in total. The Bertz CT molecular complexity index is 825. The number of amides is 2. The van der Waals surface area contributed by atoms with Crippen LogP contribution in [0, 0.1) is 13.8 Å². The summed E-state index contributed by atoms with van der Waals surface area (Å²) in [5.74, 6) is -0.323. The zero-order valence-corrected chi connectivity index (χ0v) is 17.9. The number of hydrogen-bond donors (Lipinski definition) is 2. The summed E-state index contributed by atoms with van der Waals surface area (Å²) in [7, 11) is 1.59. The molecular weight excluding hydrogens is 390 g/mol. The van der Waals surface area contributed by atoms with E-state index in [2.05, 4.69) is 10.6 Å². The minimum Gasteiger partial charge on any atom is -0.383 e. The highest BCUT2D eigenvalue weighted by atomic mass is 35.5. The number of hydrogen-bond acceptors (Lipinski definition) is 4. The molecule has 156 valence electrons. The number of carbonyl (C=O) groups is 2. The van der Waals surface area contributed by atoms with E-state index in [1.165, 1.54) is 0 Å². The number of methoxy groups -OCH3 is 1. The quantitative estimate of drug-likeness (QED) is 0.623. The first-order valence-corrected chi connectivity index (χ1v) is 9.85. The molecule has 0 aliphatic carbocycles. The molecule has 6 nitrogen and oxygen atoms in total. The van der Waals surface area contributed by atoms with Crippen molar-refractivity contribution in [2.45, 2.75) is 20.4 Å². The monoisotopic (exact) mass is 417 g/mol. The Morgan fingerprint density at radius 2 is 1.72 bits per heavy atom. The molecule has 2 rings (SSSR count). The van der Waals surface area contributed by atoms with Crippen molar-refractivity contribution in [3.8, 4) is 0 Å². The van der Waals surface area contributed by atoms with Crippen molar-refractivity contribution in [1.29, 1.82) is 0 Å². The SMILES string of the molecule is COCCN(CC(=O)NCc1ccc(Cl)cc1)CC(=O)Nc1cccc(C)c1C. The van der Waals surface area contributed by atoms with Gasteiger partial charge in [0, 0.05) is 30.9 Å². The average Bonchev–Trinajstić information content (AvgIpc) is 2.69. The van der Waals surface area contributed by atoms with Crippen LogP contribution in [0.25, 0.3) is 0 Å². The van der Waals surface area contributed by atoms with Gasteiger partial charge in [0.15, 0.2) is 0 Å². The molecule has 0 fully saturated rings. The van der Waals surface area contributed by atoms with Crippen LogP contribution in [0.15, 0.2) is 42.5 Å². The molecule has 0 radical (unpaired) electrons. The van der Waals surface area contributed by atoms with Gasteiger partial charge in [-0.2, -0.15) is 0 Å². The van der Waals surface area contributed by atoms with Gasteiger partial charge in [0.2, 0.25) is 11.8 Å². The van der Waals surface area contributed by atoms with Crippen LogP contribution in [-0.2, 0) is 20.9 Å². The summed E-state index contributed by atoms with van der Waals surface area (Å²) in [6.45, 7) is 5.50. The lowest BCUT2D eigenvalue weighted by Crippen LogP contribution is -2.42. The van der Waals surface area contributed by atoms with Crippen LogP contribution in [0.1, 0.15) is 16.7 Å². The zero-order valence-electron chi connectivity index (χ0n) is 17.1. The topological polar surface area (TPSA) is 70.7 Å². The molecule has 2 aromatic carbocycles. The summed E-state index contributed by atoms with van der Waals surface area (Å²) in [5.41, 5.74) is 3.89. The fraction of sp³-hybridized carbons (Fsp3) is 0.364. The van der Waals surface area contributed by atoms with Gasteiger partial charge in [0.05, 0.1) is 19.7 Å². The number of nitrogens with one attached hydrogen (secondary N) is 2. The van der Waals surface area contributed by atoms with E-state index in [1.807, 2.05) is 44.2 Å². The number of anilines is 1. The van der Waals surface area contributed by atoms with Crippen molar-refractivity contribution < 1.29 is 14.3 Å². The van der Waals surface area contributed by atoms with E-state index in [1.54, 1.807) is 24.1 Å². The van der Waals surface area contributed by atoms with E-state index >= 15 is 0 Å². The van der Waals surface area contributed by atoms with Gasteiger partial charge >= 0.3 is 0 Å². The average molecular weight is 418 g/mol. The number of aryl methyl sites for hydroxylation is 1. The first kappa shape index (κ1) is 22.9. The third kappa shape index (κ3) is 7.85. The predicted molar refractivity (Wildman–Crippen MR) is 116 cm³/mol.